The van der Waals surface area contributed by atoms with Gasteiger partial charge in [0.15, 0.2) is 5.78 Å². The van der Waals surface area contributed by atoms with Crippen LogP contribution in [0.3, 0.4) is 0 Å². The van der Waals surface area contributed by atoms with Crippen LogP contribution in [0.1, 0.15) is 22.8 Å². The number of pyridine rings is 1. The summed E-state index contributed by atoms with van der Waals surface area (Å²) in [6, 6.07) is 10.2. The number of allylic oxidation sites excluding steroid dienone is 1. The van der Waals surface area contributed by atoms with E-state index in [1.54, 1.807) is 48.7 Å². The van der Waals surface area contributed by atoms with Crippen molar-refractivity contribution in [3.8, 4) is 5.75 Å². The zero-order chi connectivity index (χ0) is 14.4. The number of hydrogen-bond donors (Lipinski definition) is 0. The molecule has 4 heteroatoms. The fraction of sp³-hybridized carbons (Fsp3) is 0.0625. The van der Waals surface area contributed by atoms with Gasteiger partial charge in [0.05, 0.1) is 5.56 Å². The third kappa shape index (κ3) is 3.88. The van der Waals surface area contributed by atoms with Gasteiger partial charge in [-0.05, 0) is 42.8 Å². The van der Waals surface area contributed by atoms with Crippen molar-refractivity contribution in [1.29, 1.82) is 0 Å². The van der Waals surface area contributed by atoms with Gasteiger partial charge in [0.1, 0.15) is 5.75 Å². The van der Waals surface area contributed by atoms with E-state index in [1.807, 2.05) is 0 Å². The predicted octanol–water partition coefficient (Wildman–Crippen LogP) is 2.90. The van der Waals surface area contributed by atoms with E-state index in [1.165, 1.54) is 19.2 Å². The zero-order valence-corrected chi connectivity index (χ0v) is 10.9. The summed E-state index contributed by atoms with van der Waals surface area (Å²) in [7, 11) is 0. The molecular weight excluding hydrogens is 254 g/mol. The van der Waals surface area contributed by atoms with Crippen molar-refractivity contribution in [2.24, 2.45) is 0 Å². The Balaban J connectivity index is 2.04. The van der Waals surface area contributed by atoms with Gasteiger partial charge in [0.25, 0.3) is 0 Å². The third-order valence-corrected chi connectivity index (χ3v) is 2.50. The molecule has 0 bridgehead atoms. The second kappa shape index (κ2) is 6.43. The lowest BCUT2D eigenvalue weighted by Crippen LogP contribution is -2.08. The van der Waals surface area contributed by atoms with E-state index in [2.05, 4.69) is 4.98 Å². The second-order valence-corrected chi connectivity index (χ2v) is 4.14. The molecule has 2 aromatic rings. The Labute approximate surface area is 116 Å². The number of rotatable bonds is 4. The number of carbonyl (C=O) groups is 2. The molecule has 0 unspecified atom stereocenters. The van der Waals surface area contributed by atoms with Gasteiger partial charge < -0.3 is 4.74 Å². The van der Waals surface area contributed by atoms with Crippen molar-refractivity contribution in [2.45, 2.75) is 6.92 Å². The lowest BCUT2D eigenvalue weighted by molar-refractivity contribution is -0.112. The van der Waals surface area contributed by atoms with E-state index < -0.39 is 5.97 Å². The first-order valence-electron chi connectivity index (χ1n) is 6.06. The molecule has 0 aliphatic heterocycles. The van der Waals surface area contributed by atoms with Crippen LogP contribution >= 0.6 is 0 Å². The molecule has 2 rings (SSSR count). The van der Waals surface area contributed by atoms with Gasteiger partial charge in [0, 0.05) is 12.4 Å². The van der Waals surface area contributed by atoms with Crippen LogP contribution in [0, 0.1) is 0 Å². The minimum Gasteiger partial charge on any atom is -0.423 e. The molecule has 1 aromatic heterocycles. The first kappa shape index (κ1) is 13.7. The van der Waals surface area contributed by atoms with Gasteiger partial charge in [-0.2, -0.15) is 0 Å². The predicted molar refractivity (Wildman–Crippen MR) is 75.4 cm³/mol. The highest BCUT2D eigenvalue weighted by atomic mass is 16.5. The van der Waals surface area contributed by atoms with Gasteiger partial charge in [-0.1, -0.05) is 18.2 Å². The molecule has 0 saturated heterocycles. The largest absolute Gasteiger partial charge is 0.423 e. The Bertz CT molecular complexity index is 631. The van der Waals surface area contributed by atoms with Crippen molar-refractivity contribution < 1.29 is 14.3 Å². The molecule has 0 N–H and O–H groups in total. The van der Waals surface area contributed by atoms with Crippen LogP contribution in [0.25, 0.3) is 6.08 Å². The van der Waals surface area contributed by atoms with Crippen LogP contribution in [-0.2, 0) is 4.79 Å². The number of nitrogens with zero attached hydrogens (tertiary/aromatic N) is 1. The summed E-state index contributed by atoms with van der Waals surface area (Å²) in [6.07, 6.45) is 6.23. The number of carbonyl (C=O) groups excluding carboxylic acids is 2. The molecule has 0 amide bonds. The van der Waals surface area contributed by atoms with Gasteiger partial charge >= 0.3 is 5.97 Å². The van der Waals surface area contributed by atoms with E-state index >= 15 is 0 Å². The van der Waals surface area contributed by atoms with E-state index in [-0.39, 0.29) is 5.78 Å². The van der Waals surface area contributed by atoms with E-state index in [0.29, 0.717) is 11.3 Å². The standard InChI is InChI=1S/C16H13NO3/c1-12(18)4-5-13-6-8-15(9-7-13)20-16(19)14-3-2-10-17-11-14/h2-11H,1H3/b5-4+. The van der Waals surface area contributed by atoms with Gasteiger partial charge in [-0.25, -0.2) is 4.79 Å². The van der Waals surface area contributed by atoms with Crippen LogP contribution in [0.2, 0.25) is 0 Å². The zero-order valence-electron chi connectivity index (χ0n) is 10.9. The molecular formula is C16H13NO3. The second-order valence-electron chi connectivity index (χ2n) is 4.14. The number of ketones is 1. The highest BCUT2D eigenvalue weighted by molar-refractivity contribution is 5.92. The summed E-state index contributed by atoms with van der Waals surface area (Å²) in [5, 5.41) is 0. The number of hydrogen-bond acceptors (Lipinski definition) is 4. The first-order valence-corrected chi connectivity index (χ1v) is 6.06. The molecule has 0 aliphatic carbocycles. The fourth-order valence-electron chi connectivity index (χ4n) is 1.51. The Kier molecular flexibility index (Phi) is 4.39. The summed E-state index contributed by atoms with van der Waals surface area (Å²) in [5.41, 5.74) is 1.26. The maximum Gasteiger partial charge on any atom is 0.345 e. The Hall–Kier alpha value is -2.75. The Morgan fingerprint density at radius 1 is 1.15 bits per heavy atom. The van der Waals surface area contributed by atoms with E-state index in [9.17, 15) is 9.59 Å². The summed E-state index contributed by atoms with van der Waals surface area (Å²) >= 11 is 0. The molecule has 0 aliphatic rings. The Morgan fingerprint density at radius 2 is 1.90 bits per heavy atom. The Morgan fingerprint density at radius 3 is 2.50 bits per heavy atom. The first-order chi connectivity index (χ1) is 9.65. The highest BCUT2D eigenvalue weighted by Gasteiger charge is 2.07. The maximum atomic E-state index is 11.8. The minimum absolute atomic E-state index is 0.0166. The minimum atomic E-state index is -0.454. The molecule has 0 fully saturated rings. The lowest BCUT2D eigenvalue weighted by atomic mass is 10.2. The van der Waals surface area contributed by atoms with Crippen molar-refractivity contribution in [3.05, 3.63) is 66.0 Å². The summed E-state index contributed by atoms with van der Waals surface area (Å²) in [5.74, 6) is -0.0268. The van der Waals surface area contributed by atoms with Crippen LogP contribution in [-0.4, -0.2) is 16.7 Å². The third-order valence-electron chi connectivity index (χ3n) is 2.50. The maximum absolute atomic E-state index is 11.8. The molecule has 1 aromatic carbocycles. The van der Waals surface area contributed by atoms with Crippen molar-refractivity contribution in [2.75, 3.05) is 0 Å². The molecule has 0 spiro atoms. The lowest BCUT2D eigenvalue weighted by Gasteiger charge is -2.04. The van der Waals surface area contributed by atoms with Gasteiger partial charge in [-0.3, -0.25) is 9.78 Å². The molecule has 100 valence electrons. The van der Waals surface area contributed by atoms with E-state index in [4.69, 9.17) is 4.74 Å². The topological polar surface area (TPSA) is 56.3 Å². The van der Waals surface area contributed by atoms with Crippen molar-refractivity contribution >= 4 is 17.8 Å². The molecule has 20 heavy (non-hydrogen) atoms. The van der Waals surface area contributed by atoms with E-state index in [0.717, 1.165) is 5.56 Å². The molecule has 0 atom stereocenters. The number of aromatic nitrogens is 1. The van der Waals surface area contributed by atoms with Crippen molar-refractivity contribution in [1.82, 2.24) is 4.98 Å². The van der Waals surface area contributed by atoms with Gasteiger partial charge in [0.2, 0.25) is 0 Å². The van der Waals surface area contributed by atoms with Crippen LogP contribution < -0.4 is 4.74 Å². The highest BCUT2D eigenvalue weighted by Crippen LogP contribution is 2.15. The SMILES string of the molecule is CC(=O)/C=C/c1ccc(OC(=O)c2cccnc2)cc1. The molecule has 1 heterocycles. The van der Waals surface area contributed by atoms with Gasteiger partial charge in [-0.15, -0.1) is 0 Å². The smallest absolute Gasteiger partial charge is 0.345 e. The monoisotopic (exact) mass is 267 g/mol. The average Bonchev–Trinajstić information content (AvgIpc) is 2.47. The summed E-state index contributed by atoms with van der Waals surface area (Å²) in [6.45, 7) is 1.49. The summed E-state index contributed by atoms with van der Waals surface area (Å²) < 4.78 is 5.21. The van der Waals surface area contributed by atoms with Crippen LogP contribution in [0.15, 0.2) is 54.9 Å². The van der Waals surface area contributed by atoms with Crippen molar-refractivity contribution in [3.63, 3.8) is 0 Å². The number of esters is 1. The van der Waals surface area contributed by atoms with Crippen LogP contribution in [0.4, 0.5) is 0 Å². The fourth-order valence-corrected chi connectivity index (χ4v) is 1.51. The molecule has 0 radical (unpaired) electrons. The average molecular weight is 267 g/mol. The molecule has 0 saturated carbocycles. The quantitative estimate of drug-likeness (QED) is 0.485. The summed E-state index contributed by atoms with van der Waals surface area (Å²) in [4.78, 5) is 26.5. The molecule has 4 nitrogen and oxygen atoms in total. The number of ether oxygens (including phenoxy) is 1. The van der Waals surface area contributed by atoms with Crippen LogP contribution in [0.5, 0.6) is 5.75 Å². The normalized spacial score (nSPS) is 10.4. The number of benzene rings is 1.